The second kappa shape index (κ2) is 30.8. The number of carboxylic acids is 2. The van der Waals surface area contributed by atoms with Crippen molar-refractivity contribution in [3.05, 3.63) is 95.8 Å². The zero-order valence-corrected chi connectivity index (χ0v) is 46.4. The largest absolute Gasteiger partial charge is 0.481 e. The Balaban J connectivity index is 1.48. The Kier molecular flexibility index (Phi) is 25.0. The molecule has 0 radical (unpaired) electrons. The summed E-state index contributed by atoms with van der Waals surface area (Å²) in [6, 6.07) is 8.77. The zero-order chi connectivity index (χ0) is 58.6. The number of carbonyl (C=O) groups excluding carboxylic acids is 8. The van der Waals surface area contributed by atoms with Crippen molar-refractivity contribution < 1.29 is 66.9 Å². The van der Waals surface area contributed by atoms with Gasteiger partial charge >= 0.3 is 11.9 Å². The maximum absolute atomic E-state index is 15.4. The fraction of sp³-hybridized carbons (Fsp3) is 0.500. The number of imide groups is 1. The van der Waals surface area contributed by atoms with Gasteiger partial charge in [0.05, 0.1) is 17.8 Å². The normalized spacial score (nSPS) is 14.3. The number of amides is 7. The summed E-state index contributed by atoms with van der Waals surface area (Å²) in [5, 5.41) is 28.8. The third-order valence-corrected chi connectivity index (χ3v) is 13.9. The van der Waals surface area contributed by atoms with E-state index in [1.54, 1.807) is 31.0 Å². The second-order valence-electron chi connectivity index (χ2n) is 20.9. The summed E-state index contributed by atoms with van der Waals surface area (Å²) in [4.78, 5) is 129. The molecule has 1 aliphatic heterocycles. The number of nitrogens with two attached hydrogens (primary N) is 1. The van der Waals surface area contributed by atoms with Crippen molar-refractivity contribution in [1.29, 1.82) is 0 Å². The van der Waals surface area contributed by atoms with E-state index < -0.39 is 95.5 Å². The Morgan fingerprint density at radius 1 is 0.797 bits per heavy atom. The number of carbonyl (C=O) groups is 10. The molecule has 5 atom stereocenters. The number of hydrogen-bond acceptors (Lipinski definition) is 12. The van der Waals surface area contributed by atoms with Crippen LogP contribution in [0.3, 0.4) is 0 Å². The lowest BCUT2D eigenvalue weighted by Crippen LogP contribution is -2.54. The number of Topliss-reactive ketones (excluding diaryl/α,β-unsaturated/α-hetero) is 1. The molecule has 0 bridgehead atoms. The number of aromatic nitrogens is 1. The molecule has 0 saturated heterocycles. The van der Waals surface area contributed by atoms with E-state index in [2.05, 4.69) is 21.3 Å². The fourth-order valence-corrected chi connectivity index (χ4v) is 9.68. The Morgan fingerprint density at radius 3 is 2.11 bits per heavy atom. The van der Waals surface area contributed by atoms with Gasteiger partial charge in [-0.2, -0.15) is 11.8 Å². The van der Waals surface area contributed by atoms with E-state index in [1.165, 1.54) is 19.1 Å². The number of ketones is 1. The molecule has 2 aromatic carbocycles. The summed E-state index contributed by atoms with van der Waals surface area (Å²) < 4.78 is 32.0. The monoisotopic (exact) mass is 1120 g/mol. The average Bonchev–Trinajstić information content (AvgIpc) is 4.01. The summed E-state index contributed by atoms with van der Waals surface area (Å²) in [5.41, 5.74) is 7.15. The maximum atomic E-state index is 15.4. The van der Waals surface area contributed by atoms with Crippen molar-refractivity contribution in [3.63, 3.8) is 0 Å². The van der Waals surface area contributed by atoms with Crippen LogP contribution in [0, 0.1) is 23.0 Å². The number of unbranched alkanes of at least 4 members (excludes halogenated alkanes) is 2. The summed E-state index contributed by atoms with van der Waals surface area (Å²) >= 11 is 1.13. The van der Waals surface area contributed by atoms with Crippen LogP contribution in [-0.2, 0) is 54.5 Å². The molecule has 23 heteroatoms. The summed E-state index contributed by atoms with van der Waals surface area (Å²) in [6.07, 6.45) is 4.37. The lowest BCUT2D eigenvalue weighted by molar-refractivity contribution is -0.143. The van der Waals surface area contributed by atoms with E-state index in [-0.39, 0.29) is 91.9 Å². The predicted molar refractivity (Wildman–Crippen MR) is 292 cm³/mol. The molecule has 3 aromatic rings. The van der Waals surface area contributed by atoms with E-state index in [9.17, 15) is 57.4 Å². The van der Waals surface area contributed by atoms with Crippen molar-refractivity contribution in [2.45, 2.75) is 136 Å². The molecule has 1 aromatic heterocycles. The van der Waals surface area contributed by atoms with Crippen molar-refractivity contribution in [3.8, 4) is 11.1 Å². The van der Waals surface area contributed by atoms with Gasteiger partial charge in [-0.3, -0.25) is 48.1 Å². The number of hydrogen-bond donors (Lipinski definition) is 7. The van der Waals surface area contributed by atoms with Gasteiger partial charge in [-0.1, -0.05) is 71.4 Å². The predicted octanol–water partition coefficient (Wildman–Crippen LogP) is 4.88. The second-order valence-corrected chi connectivity index (χ2v) is 22.0. The highest BCUT2D eigenvalue weighted by Crippen LogP contribution is 2.41. The molecule has 0 saturated carbocycles. The summed E-state index contributed by atoms with van der Waals surface area (Å²) in [6.45, 7) is 11.4. The SMILES string of the molecule is CC(C)[C@@H](NC(=O)CCCCCN1C(=O)C=CC1=O)C(=O)N[C@H](C)C(=O)NCCCN(C(=O)CSCCC(=O)C(N)CC(=O)N[C@H](CCC(=O)O)C(=O)O)[C@@H](c1cc(-c2cc(F)ccc2F)cn1Cc1ccccc1)C(C)(C)C. The van der Waals surface area contributed by atoms with Gasteiger partial charge in [-0.15, -0.1) is 0 Å². The molecule has 1 aliphatic rings. The number of carboxylic acid groups (broad SMARTS) is 2. The number of aliphatic carboxylic acids is 2. The van der Waals surface area contributed by atoms with Crippen LogP contribution in [0.4, 0.5) is 8.78 Å². The Bertz CT molecular complexity index is 2680. The molecule has 0 spiro atoms. The van der Waals surface area contributed by atoms with Gasteiger partial charge in [0.1, 0.15) is 29.8 Å². The summed E-state index contributed by atoms with van der Waals surface area (Å²) in [5.74, 6) is -8.37. The molecular weight excluding hydrogens is 1050 g/mol. The minimum Gasteiger partial charge on any atom is -0.481 e. The van der Waals surface area contributed by atoms with Crippen LogP contribution in [-0.4, -0.2) is 139 Å². The number of benzene rings is 2. The van der Waals surface area contributed by atoms with Crippen LogP contribution in [0.25, 0.3) is 11.1 Å². The van der Waals surface area contributed by atoms with E-state index in [0.29, 0.717) is 37.1 Å². The number of nitrogens with zero attached hydrogens (tertiary/aromatic N) is 3. The highest BCUT2D eigenvalue weighted by atomic mass is 32.2. The van der Waals surface area contributed by atoms with Crippen LogP contribution >= 0.6 is 11.8 Å². The molecule has 79 heavy (non-hydrogen) atoms. The number of rotatable bonds is 33. The smallest absolute Gasteiger partial charge is 0.326 e. The van der Waals surface area contributed by atoms with Crippen LogP contribution in [0.5, 0.6) is 0 Å². The summed E-state index contributed by atoms with van der Waals surface area (Å²) in [7, 11) is 0. The van der Waals surface area contributed by atoms with Gasteiger partial charge in [0.15, 0.2) is 5.78 Å². The fourth-order valence-electron chi connectivity index (χ4n) is 8.85. The first-order chi connectivity index (χ1) is 37.3. The van der Waals surface area contributed by atoms with Gasteiger partial charge in [0.2, 0.25) is 29.5 Å². The third-order valence-electron chi connectivity index (χ3n) is 13.0. The molecule has 20 nitrogen and oxygen atoms in total. The van der Waals surface area contributed by atoms with Crippen LogP contribution in [0.1, 0.15) is 117 Å². The first-order valence-electron chi connectivity index (χ1n) is 26.3. The van der Waals surface area contributed by atoms with Crippen molar-refractivity contribution in [2.24, 2.45) is 17.1 Å². The zero-order valence-electron chi connectivity index (χ0n) is 45.6. The Morgan fingerprint density at radius 2 is 1.48 bits per heavy atom. The van der Waals surface area contributed by atoms with Gasteiger partial charge in [-0.25, -0.2) is 13.6 Å². The van der Waals surface area contributed by atoms with E-state index in [1.807, 2.05) is 55.7 Å². The lowest BCUT2D eigenvalue weighted by Gasteiger charge is -2.41. The Hall–Kier alpha value is -7.27. The number of nitrogens with one attached hydrogen (secondary N) is 4. The van der Waals surface area contributed by atoms with Crippen LogP contribution in [0.2, 0.25) is 0 Å². The molecule has 430 valence electrons. The van der Waals surface area contributed by atoms with Gasteiger partial charge in [0, 0.05) is 92.8 Å². The first kappa shape index (κ1) is 64.3. The van der Waals surface area contributed by atoms with E-state index >= 15 is 4.39 Å². The molecule has 2 heterocycles. The van der Waals surface area contributed by atoms with Crippen molar-refractivity contribution >= 4 is 70.8 Å². The number of halogens is 2. The molecule has 8 N–H and O–H groups in total. The molecule has 0 aliphatic carbocycles. The minimum absolute atomic E-state index is 0.0123. The molecule has 7 amide bonds. The highest BCUT2D eigenvalue weighted by molar-refractivity contribution is 7.99. The number of thioether (sulfide) groups is 1. The average molecular weight is 1120 g/mol. The van der Waals surface area contributed by atoms with E-state index in [4.69, 9.17) is 10.8 Å². The third kappa shape index (κ3) is 20.5. The highest BCUT2D eigenvalue weighted by Gasteiger charge is 2.38. The first-order valence-corrected chi connectivity index (χ1v) is 27.4. The molecular formula is C56H74F2N8O12S. The quantitative estimate of drug-likeness (QED) is 0.0316. The maximum Gasteiger partial charge on any atom is 0.326 e. The van der Waals surface area contributed by atoms with E-state index in [0.717, 1.165) is 40.4 Å². The van der Waals surface area contributed by atoms with Gasteiger partial charge in [-0.05, 0) is 73.8 Å². The van der Waals surface area contributed by atoms with Crippen molar-refractivity contribution in [2.75, 3.05) is 31.1 Å². The standard InChI is InChI=1S/C56H74F2N8O12S/c1-34(2)51(63-45(68)16-11-8-12-25-65-47(70)20-21-48(65)71)54(76)61-35(3)53(75)60-24-13-26-66(49(72)33-79-27-23-44(67)41(59)30-46(69)62-42(55(77)78)19-22-50(73)74)52(56(4,5)6)43-28-37(39-29-38(57)17-18-40(39)58)32-64(43)31-36-14-9-7-10-15-36/h7,9-10,14-15,17-18,20-21,28-29,32,34-35,41-42,51-52H,8,11-13,16,19,22-27,30-31,33,59H2,1-6H3,(H,60,75)(H,61,76)(H,62,69)(H,63,68)(H,73,74)(H,77,78)/t35-,41?,42-,51-,52+/m1/s1. The minimum atomic E-state index is -1.50. The molecule has 4 rings (SSSR count). The Labute approximate surface area is 463 Å². The topological polar surface area (TPSA) is 297 Å². The van der Waals surface area contributed by atoms with Crippen LogP contribution in [0.15, 0.2) is 72.9 Å². The molecule has 0 fully saturated rings. The van der Waals surface area contributed by atoms with Crippen LogP contribution < -0.4 is 27.0 Å². The molecule has 1 unspecified atom stereocenters. The van der Waals surface area contributed by atoms with Gasteiger partial charge < -0.3 is 46.7 Å². The van der Waals surface area contributed by atoms with Gasteiger partial charge in [0.25, 0.3) is 11.8 Å². The lowest BCUT2D eigenvalue weighted by atomic mass is 9.83. The van der Waals surface area contributed by atoms with Crippen molar-refractivity contribution in [1.82, 2.24) is 35.6 Å².